The Morgan fingerprint density at radius 1 is 1.11 bits per heavy atom. The van der Waals surface area contributed by atoms with Gasteiger partial charge < -0.3 is 14.4 Å². The van der Waals surface area contributed by atoms with E-state index in [4.69, 9.17) is 4.42 Å². The molecule has 0 saturated carbocycles. The highest BCUT2D eigenvalue weighted by Gasteiger charge is 2.33. The second-order valence-corrected chi connectivity index (χ2v) is 6.45. The largest absolute Gasteiger partial charge is 0.507 e. The molecular formula is C20H18FN3O3. The van der Waals surface area contributed by atoms with Gasteiger partial charge in [0.25, 0.3) is 11.8 Å². The minimum atomic E-state index is -0.446. The van der Waals surface area contributed by atoms with Crippen molar-refractivity contribution in [2.24, 2.45) is 0 Å². The number of halogens is 1. The fourth-order valence-electron chi connectivity index (χ4n) is 3.35. The molecule has 0 bridgehead atoms. The van der Waals surface area contributed by atoms with Crippen LogP contribution >= 0.6 is 0 Å². The zero-order valence-electron chi connectivity index (χ0n) is 14.5. The van der Waals surface area contributed by atoms with Crippen molar-refractivity contribution in [3.63, 3.8) is 0 Å². The van der Waals surface area contributed by atoms with Gasteiger partial charge in [0.05, 0.1) is 11.1 Å². The molecule has 3 aromatic rings. The molecule has 7 heteroatoms. The molecule has 2 aromatic carbocycles. The molecule has 4 rings (SSSR count). The summed E-state index contributed by atoms with van der Waals surface area (Å²) >= 11 is 0. The van der Waals surface area contributed by atoms with E-state index in [9.17, 15) is 14.3 Å². The Bertz CT molecular complexity index is 972. The van der Waals surface area contributed by atoms with Crippen molar-refractivity contribution in [1.82, 2.24) is 15.1 Å². The Morgan fingerprint density at radius 2 is 1.89 bits per heavy atom. The van der Waals surface area contributed by atoms with Gasteiger partial charge in [-0.3, -0.25) is 4.79 Å². The first-order chi connectivity index (χ1) is 13.1. The average Bonchev–Trinajstić information content (AvgIpc) is 3.18. The third kappa shape index (κ3) is 3.28. The number of phenols is 1. The lowest BCUT2D eigenvalue weighted by Gasteiger charge is -2.33. The van der Waals surface area contributed by atoms with Crippen LogP contribution in [0.4, 0.5) is 4.39 Å². The number of benzene rings is 2. The van der Waals surface area contributed by atoms with Crippen molar-refractivity contribution in [3.05, 3.63) is 65.8 Å². The highest BCUT2D eigenvalue weighted by atomic mass is 19.1. The Labute approximate surface area is 155 Å². The van der Waals surface area contributed by atoms with Gasteiger partial charge in [-0.25, -0.2) is 4.39 Å². The smallest absolute Gasteiger partial charge is 0.258 e. The van der Waals surface area contributed by atoms with Gasteiger partial charge in [0.1, 0.15) is 17.6 Å². The van der Waals surface area contributed by atoms with Crippen LogP contribution in [0.2, 0.25) is 0 Å². The van der Waals surface area contributed by atoms with E-state index < -0.39 is 11.9 Å². The summed E-state index contributed by atoms with van der Waals surface area (Å²) in [6.45, 7) is 0.523. The third-order valence-electron chi connectivity index (χ3n) is 4.73. The lowest BCUT2D eigenvalue weighted by molar-refractivity contribution is 0.0569. The van der Waals surface area contributed by atoms with Crippen LogP contribution in [-0.4, -0.2) is 32.7 Å². The predicted octanol–water partition coefficient (Wildman–Crippen LogP) is 3.95. The average molecular weight is 367 g/mol. The number of hydrogen-bond acceptors (Lipinski definition) is 5. The molecule has 0 unspecified atom stereocenters. The summed E-state index contributed by atoms with van der Waals surface area (Å²) in [5, 5.41) is 18.0. The molecule has 1 aliphatic heterocycles. The van der Waals surface area contributed by atoms with Gasteiger partial charge in [-0.05, 0) is 43.5 Å². The van der Waals surface area contributed by atoms with Crippen molar-refractivity contribution in [2.45, 2.75) is 25.3 Å². The normalized spacial score (nSPS) is 17.1. The monoisotopic (exact) mass is 367 g/mol. The molecule has 0 aliphatic carbocycles. The number of carbonyl (C=O) groups excluding carboxylic acids is 1. The van der Waals surface area contributed by atoms with Crippen LogP contribution < -0.4 is 0 Å². The van der Waals surface area contributed by atoms with E-state index in [-0.39, 0.29) is 34.6 Å². The van der Waals surface area contributed by atoms with Gasteiger partial charge in [-0.15, -0.1) is 10.2 Å². The number of para-hydroxylation sites is 1. The number of aromatic hydroxyl groups is 1. The van der Waals surface area contributed by atoms with Gasteiger partial charge in [0.15, 0.2) is 0 Å². The second kappa shape index (κ2) is 7.19. The summed E-state index contributed by atoms with van der Waals surface area (Å²) < 4.78 is 19.7. The molecule has 0 radical (unpaired) electrons. The first-order valence-corrected chi connectivity index (χ1v) is 8.82. The number of hydrogen-bond donors (Lipinski definition) is 1. The van der Waals surface area contributed by atoms with Crippen molar-refractivity contribution < 1.29 is 18.7 Å². The number of amides is 1. The number of likely N-dealkylation sites (tertiary alicyclic amines) is 1. The first-order valence-electron chi connectivity index (χ1n) is 8.82. The van der Waals surface area contributed by atoms with Gasteiger partial charge in [0.2, 0.25) is 5.89 Å². The maximum atomic E-state index is 14.0. The van der Waals surface area contributed by atoms with Crippen LogP contribution in [0.15, 0.2) is 52.9 Å². The molecule has 1 atom stereocenters. The molecule has 0 spiro atoms. The molecule has 1 aromatic heterocycles. The molecule has 1 fully saturated rings. The van der Waals surface area contributed by atoms with Crippen LogP contribution in [0, 0.1) is 5.82 Å². The fraction of sp³-hybridized carbons (Fsp3) is 0.250. The van der Waals surface area contributed by atoms with Crippen LogP contribution in [0.25, 0.3) is 11.5 Å². The lowest BCUT2D eigenvalue weighted by Crippen LogP contribution is -2.38. The van der Waals surface area contributed by atoms with Crippen LogP contribution in [-0.2, 0) is 0 Å². The van der Waals surface area contributed by atoms with E-state index in [0.717, 1.165) is 12.8 Å². The quantitative estimate of drug-likeness (QED) is 0.758. The molecule has 1 aliphatic rings. The summed E-state index contributed by atoms with van der Waals surface area (Å²) in [6.07, 6.45) is 2.43. The lowest BCUT2D eigenvalue weighted by atomic mass is 10.0. The SMILES string of the molecule is O=C(c1ccccc1O)N1CCCC[C@@H]1c1nnc(-c2ccccc2F)o1. The summed E-state index contributed by atoms with van der Waals surface area (Å²) in [5.74, 6) is -0.438. The second-order valence-electron chi connectivity index (χ2n) is 6.45. The predicted molar refractivity (Wildman–Crippen MR) is 95.4 cm³/mol. The summed E-state index contributed by atoms with van der Waals surface area (Å²) in [4.78, 5) is 14.6. The van der Waals surface area contributed by atoms with E-state index in [2.05, 4.69) is 10.2 Å². The van der Waals surface area contributed by atoms with E-state index in [1.807, 2.05) is 0 Å². The number of phenolic OH excluding ortho intramolecular Hbond substituents is 1. The fourth-order valence-corrected chi connectivity index (χ4v) is 3.35. The van der Waals surface area contributed by atoms with Crippen molar-refractivity contribution >= 4 is 5.91 Å². The van der Waals surface area contributed by atoms with Crippen LogP contribution in [0.1, 0.15) is 41.6 Å². The molecule has 138 valence electrons. The molecule has 1 saturated heterocycles. The topological polar surface area (TPSA) is 79.5 Å². The van der Waals surface area contributed by atoms with Gasteiger partial charge in [0, 0.05) is 6.54 Å². The number of carbonyl (C=O) groups is 1. The maximum absolute atomic E-state index is 14.0. The first kappa shape index (κ1) is 17.2. The van der Waals surface area contributed by atoms with E-state index in [1.54, 1.807) is 41.3 Å². The van der Waals surface area contributed by atoms with E-state index in [1.165, 1.54) is 12.1 Å². The Morgan fingerprint density at radius 3 is 2.70 bits per heavy atom. The zero-order valence-corrected chi connectivity index (χ0v) is 14.5. The molecular weight excluding hydrogens is 349 g/mol. The minimum absolute atomic E-state index is 0.0654. The Hall–Kier alpha value is -3.22. The van der Waals surface area contributed by atoms with Gasteiger partial charge in [-0.1, -0.05) is 24.3 Å². The highest BCUT2D eigenvalue weighted by molar-refractivity contribution is 5.97. The molecule has 1 N–H and O–H groups in total. The van der Waals surface area contributed by atoms with Gasteiger partial charge >= 0.3 is 0 Å². The van der Waals surface area contributed by atoms with Crippen molar-refractivity contribution in [1.29, 1.82) is 0 Å². The highest BCUT2D eigenvalue weighted by Crippen LogP contribution is 2.34. The zero-order chi connectivity index (χ0) is 18.8. The molecule has 1 amide bonds. The minimum Gasteiger partial charge on any atom is -0.507 e. The molecule has 27 heavy (non-hydrogen) atoms. The van der Waals surface area contributed by atoms with Crippen LogP contribution in [0.3, 0.4) is 0 Å². The van der Waals surface area contributed by atoms with E-state index >= 15 is 0 Å². The Balaban J connectivity index is 1.65. The van der Waals surface area contributed by atoms with Crippen molar-refractivity contribution in [3.8, 4) is 17.2 Å². The summed E-state index contributed by atoms with van der Waals surface area (Å²) in [5.41, 5.74) is 0.462. The van der Waals surface area contributed by atoms with Crippen molar-refractivity contribution in [2.75, 3.05) is 6.54 Å². The summed E-state index contributed by atoms with van der Waals surface area (Å²) in [7, 11) is 0. The number of nitrogens with zero attached hydrogens (tertiary/aromatic N) is 3. The molecule has 6 nitrogen and oxygen atoms in total. The van der Waals surface area contributed by atoms with Gasteiger partial charge in [-0.2, -0.15) is 0 Å². The Kier molecular flexibility index (Phi) is 4.58. The maximum Gasteiger partial charge on any atom is 0.258 e. The number of rotatable bonds is 3. The third-order valence-corrected chi connectivity index (χ3v) is 4.73. The number of aromatic nitrogens is 2. The van der Waals surface area contributed by atoms with E-state index in [0.29, 0.717) is 13.0 Å². The summed E-state index contributed by atoms with van der Waals surface area (Å²) in [6, 6.07) is 12.2. The molecule has 2 heterocycles. The van der Waals surface area contributed by atoms with Crippen LogP contribution in [0.5, 0.6) is 5.75 Å². The standard InChI is InChI=1S/C20H18FN3O3/c21-15-9-3-1-7-13(15)18-22-23-19(27-18)16-10-5-6-12-24(16)20(26)14-8-2-4-11-17(14)25/h1-4,7-9,11,16,25H,5-6,10,12H2/t16-/m1/s1. The number of piperidine rings is 1.